The molecular formula is C6H9F3N4. The van der Waals surface area contributed by atoms with Crippen molar-refractivity contribution in [2.45, 2.75) is 19.6 Å². The van der Waals surface area contributed by atoms with Gasteiger partial charge in [0, 0.05) is 12.6 Å². The molecule has 74 valence electrons. The normalized spacial score (nSPS) is 11.8. The van der Waals surface area contributed by atoms with Crippen LogP contribution in [0, 0.1) is 0 Å². The van der Waals surface area contributed by atoms with Gasteiger partial charge in [0.2, 0.25) is 0 Å². The number of aryl methyl sites for hydroxylation is 1. The van der Waals surface area contributed by atoms with Gasteiger partial charge in [-0.05, 0) is 6.92 Å². The summed E-state index contributed by atoms with van der Waals surface area (Å²) in [5.74, 6) is 5.15. The number of alkyl halides is 3. The molecule has 13 heavy (non-hydrogen) atoms. The third-order valence-electron chi connectivity index (χ3n) is 1.52. The quantitative estimate of drug-likeness (QED) is 0.549. The standard InChI is InChI=1S/C6H9F3N4/c1-2-13-5(11-10)3-4(12-13)6(7,8)9/h3,11H,2,10H2,1H3. The van der Waals surface area contributed by atoms with Gasteiger partial charge >= 0.3 is 6.18 Å². The lowest BCUT2D eigenvalue weighted by Gasteiger charge is -2.01. The second-order valence-electron chi connectivity index (χ2n) is 2.37. The van der Waals surface area contributed by atoms with Gasteiger partial charge in [-0.3, -0.25) is 0 Å². The molecule has 0 amide bonds. The lowest BCUT2D eigenvalue weighted by atomic mass is 10.4. The fourth-order valence-corrected chi connectivity index (χ4v) is 0.913. The predicted molar refractivity (Wildman–Crippen MR) is 40.7 cm³/mol. The van der Waals surface area contributed by atoms with Crippen LogP contribution in [0.25, 0.3) is 0 Å². The van der Waals surface area contributed by atoms with E-state index in [0.29, 0.717) is 6.54 Å². The minimum atomic E-state index is -4.42. The Balaban J connectivity index is 3.07. The summed E-state index contributed by atoms with van der Waals surface area (Å²) in [7, 11) is 0. The van der Waals surface area contributed by atoms with E-state index in [1.807, 2.05) is 0 Å². The Morgan fingerprint density at radius 2 is 2.23 bits per heavy atom. The van der Waals surface area contributed by atoms with Crippen LogP contribution in [0.15, 0.2) is 6.07 Å². The molecule has 0 radical (unpaired) electrons. The third-order valence-corrected chi connectivity index (χ3v) is 1.52. The van der Waals surface area contributed by atoms with Crippen molar-refractivity contribution in [1.29, 1.82) is 0 Å². The molecule has 7 heteroatoms. The van der Waals surface area contributed by atoms with E-state index in [-0.39, 0.29) is 5.82 Å². The molecule has 1 rings (SSSR count). The first-order chi connectivity index (χ1) is 5.99. The van der Waals surface area contributed by atoms with Gasteiger partial charge in [0.05, 0.1) is 0 Å². The summed E-state index contributed by atoms with van der Waals surface area (Å²) in [6.45, 7) is 2.00. The Hall–Kier alpha value is -1.24. The molecule has 0 bridgehead atoms. The number of hydrogen-bond donors (Lipinski definition) is 2. The van der Waals surface area contributed by atoms with E-state index in [1.54, 1.807) is 6.92 Å². The van der Waals surface area contributed by atoms with Crippen molar-refractivity contribution in [3.8, 4) is 0 Å². The Morgan fingerprint density at radius 3 is 2.54 bits per heavy atom. The monoisotopic (exact) mass is 194 g/mol. The molecule has 1 aromatic heterocycles. The number of nitrogen functional groups attached to an aromatic ring is 1. The summed E-state index contributed by atoms with van der Waals surface area (Å²) in [6.07, 6.45) is -4.42. The van der Waals surface area contributed by atoms with Crippen LogP contribution in [-0.2, 0) is 12.7 Å². The van der Waals surface area contributed by atoms with E-state index >= 15 is 0 Å². The van der Waals surface area contributed by atoms with Crippen molar-refractivity contribution in [1.82, 2.24) is 9.78 Å². The van der Waals surface area contributed by atoms with Crippen LogP contribution >= 0.6 is 0 Å². The van der Waals surface area contributed by atoms with Crippen LogP contribution in [0.2, 0.25) is 0 Å². The summed E-state index contributed by atoms with van der Waals surface area (Å²) in [5.41, 5.74) is 1.20. The molecule has 0 spiro atoms. The van der Waals surface area contributed by atoms with Crippen molar-refractivity contribution in [3.63, 3.8) is 0 Å². The molecule has 0 saturated carbocycles. The highest BCUT2D eigenvalue weighted by molar-refractivity contribution is 5.36. The van der Waals surface area contributed by atoms with Crippen LogP contribution in [0.1, 0.15) is 12.6 Å². The van der Waals surface area contributed by atoms with E-state index in [4.69, 9.17) is 5.84 Å². The molecule has 1 aromatic rings. The molecule has 4 nitrogen and oxygen atoms in total. The summed E-state index contributed by atoms with van der Waals surface area (Å²) >= 11 is 0. The average molecular weight is 194 g/mol. The molecule has 0 aliphatic carbocycles. The van der Waals surface area contributed by atoms with Crippen molar-refractivity contribution in [2.24, 2.45) is 5.84 Å². The van der Waals surface area contributed by atoms with Crippen molar-refractivity contribution < 1.29 is 13.2 Å². The summed E-state index contributed by atoms with van der Waals surface area (Å²) in [4.78, 5) is 0. The fourth-order valence-electron chi connectivity index (χ4n) is 0.913. The molecule has 0 aliphatic rings. The van der Waals surface area contributed by atoms with Crippen LogP contribution in [-0.4, -0.2) is 9.78 Å². The molecule has 0 aromatic carbocycles. The molecule has 0 fully saturated rings. The number of aromatic nitrogens is 2. The minimum absolute atomic E-state index is 0.148. The average Bonchev–Trinajstić information content (AvgIpc) is 2.45. The van der Waals surface area contributed by atoms with Crippen LogP contribution in [0.3, 0.4) is 0 Å². The van der Waals surface area contributed by atoms with E-state index in [2.05, 4.69) is 10.5 Å². The maximum atomic E-state index is 12.1. The van der Waals surface area contributed by atoms with Crippen molar-refractivity contribution in [3.05, 3.63) is 11.8 Å². The number of anilines is 1. The van der Waals surface area contributed by atoms with Gasteiger partial charge < -0.3 is 5.43 Å². The number of nitrogens with one attached hydrogen (secondary N) is 1. The molecule has 1 heterocycles. The van der Waals surface area contributed by atoms with Gasteiger partial charge in [0.15, 0.2) is 5.69 Å². The molecule has 3 N–H and O–H groups in total. The van der Waals surface area contributed by atoms with E-state index < -0.39 is 11.9 Å². The highest BCUT2D eigenvalue weighted by atomic mass is 19.4. The fraction of sp³-hybridized carbons (Fsp3) is 0.500. The van der Waals surface area contributed by atoms with Crippen LogP contribution < -0.4 is 11.3 Å². The molecular weight excluding hydrogens is 185 g/mol. The Kier molecular flexibility index (Phi) is 2.46. The topological polar surface area (TPSA) is 55.9 Å². The zero-order valence-electron chi connectivity index (χ0n) is 6.89. The summed E-state index contributed by atoms with van der Waals surface area (Å²) < 4.78 is 37.5. The summed E-state index contributed by atoms with van der Waals surface area (Å²) in [6, 6.07) is 0.865. The zero-order chi connectivity index (χ0) is 10.1. The van der Waals surface area contributed by atoms with Gasteiger partial charge in [0.1, 0.15) is 5.82 Å². The second-order valence-corrected chi connectivity index (χ2v) is 2.37. The van der Waals surface area contributed by atoms with Gasteiger partial charge in [-0.1, -0.05) is 0 Å². The smallest absolute Gasteiger partial charge is 0.309 e. The second kappa shape index (κ2) is 3.25. The highest BCUT2D eigenvalue weighted by Gasteiger charge is 2.34. The van der Waals surface area contributed by atoms with E-state index in [1.165, 1.54) is 0 Å². The SMILES string of the molecule is CCn1nc(C(F)(F)F)cc1NN. The first-order valence-electron chi connectivity index (χ1n) is 3.60. The lowest BCUT2D eigenvalue weighted by molar-refractivity contribution is -0.141. The largest absolute Gasteiger partial charge is 0.435 e. The molecule has 0 saturated heterocycles. The van der Waals surface area contributed by atoms with Gasteiger partial charge in [-0.2, -0.15) is 18.3 Å². The maximum Gasteiger partial charge on any atom is 0.435 e. The zero-order valence-corrected chi connectivity index (χ0v) is 6.89. The van der Waals surface area contributed by atoms with Gasteiger partial charge in [-0.25, -0.2) is 10.5 Å². The van der Waals surface area contributed by atoms with Gasteiger partial charge in [-0.15, -0.1) is 0 Å². The molecule has 0 unspecified atom stereocenters. The minimum Gasteiger partial charge on any atom is -0.309 e. The van der Waals surface area contributed by atoms with Gasteiger partial charge in [0.25, 0.3) is 0 Å². The third kappa shape index (κ3) is 1.92. The number of hydrogen-bond acceptors (Lipinski definition) is 3. The molecule has 0 aliphatic heterocycles. The summed E-state index contributed by atoms with van der Waals surface area (Å²) in [5, 5.41) is 3.32. The van der Waals surface area contributed by atoms with Crippen molar-refractivity contribution in [2.75, 3.05) is 5.43 Å². The van der Waals surface area contributed by atoms with E-state index in [9.17, 15) is 13.2 Å². The van der Waals surface area contributed by atoms with E-state index in [0.717, 1.165) is 10.7 Å². The number of hydrazine groups is 1. The highest BCUT2D eigenvalue weighted by Crippen LogP contribution is 2.29. The van der Waals surface area contributed by atoms with Crippen LogP contribution in [0.4, 0.5) is 19.0 Å². The number of nitrogens with zero attached hydrogens (tertiary/aromatic N) is 2. The molecule has 0 atom stereocenters. The first kappa shape index (κ1) is 9.85. The number of rotatable bonds is 2. The number of halogens is 3. The Labute approximate surface area is 72.5 Å². The predicted octanol–water partition coefficient (Wildman–Crippen LogP) is 1.21. The Morgan fingerprint density at radius 1 is 1.62 bits per heavy atom. The van der Waals surface area contributed by atoms with Crippen LogP contribution in [0.5, 0.6) is 0 Å². The Bertz CT molecular complexity index is 269. The lowest BCUT2D eigenvalue weighted by Crippen LogP contribution is -2.12. The number of nitrogens with two attached hydrogens (primary N) is 1. The van der Waals surface area contributed by atoms with Crippen molar-refractivity contribution >= 4 is 5.82 Å². The maximum absolute atomic E-state index is 12.1. The first-order valence-corrected chi connectivity index (χ1v) is 3.60.